The van der Waals surface area contributed by atoms with E-state index in [1.54, 1.807) is 0 Å². The number of hydrogen-bond acceptors (Lipinski definition) is 3. The molecule has 0 saturated carbocycles. The van der Waals surface area contributed by atoms with Gasteiger partial charge in [0.2, 0.25) is 0 Å². The minimum atomic E-state index is 0.944. The minimum Gasteiger partial charge on any atom is -0.299 e. The Morgan fingerprint density at radius 2 is 2.00 bits per heavy atom. The predicted molar refractivity (Wildman–Crippen MR) is 80.3 cm³/mol. The van der Waals surface area contributed by atoms with Crippen molar-refractivity contribution in [2.24, 2.45) is 0 Å². The predicted octanol–water partition coefficient (Wildman–Crippen LogP) is 2.95. The Hall–Kier alpha value is -1.68. The van der Waals surface area contributed by atoms with Crippen LogP contribution in [0.5, 0.6) is 0 Å². The van der Waals surface area contributed by atoms with Crippen LogP contribution in [0.3, 0.4) is 0 Å². The molecule has 4 heteroatoms. The molecule has 2 aromatic rings. The molecular formula is C16H22N4. The van der Waals surface area contributed by atoms with Crippen LogP contribution >= 0.6 is 0 Å². The zero-order chi connectivity index (χ0) is 13.8. The van der Waals surface area contributed by atoms with Crippen LogP contribution in [-0.4, -0.2) is 32.8 Å². The summed E-state index contributed by atoms with van der Waals surface area (Å²) in [7, 11) is 0. The van der Waals surface area contributed by atoms with Gasteiger partial charge in [-0.05, 0) is 50.0 Å². The molecule has 2 aromatic heterocycles. The summed E-state index contributed by atoms with van der Waals surface area (Å²) in [6, 6.07) is 6.36. The molecule has 20 heavy (non-hydrogen) atoms. The molecule has 1 saturated heterocycles. The van der Waals surface area contributed by atoms with Gasteiger partial charge in [0.05, 0.1) is 11.4 Å². The Labute approximate surface area is 120 Å². The fraction of sp³-hybridized carbons (Fsp3) is 0.500. The lowest BCUT2D eigenvalue weighted by Crippen LogP contribution is -2.18. The summed E-state index contributed by atoms with van der Waals surface area (Å²) < 4.78 is 2.03. The topological polar surface area (TPSA) is 34.0 Å². The average molecular weight is 270 g/mol. The number of nitrogens with zero attached hydrogens (tertiary/aromatic N) is 4. The summed E-state index contributed by atoms with van der Waals surface area (Å²) >= 11 is 0. The first-order valence-corrected chi connectivity index (χ1v) is 7.56. The molecule has 0 amide bonds. The lowest BCUT2D eigenvalue weighted by Gasteiger charge is -2.14. The Balaban J connectivity index is 1.73. The fourth-order valence-corrected chi connectivity index (χ4v) is 2.81. The maximum absolute atomic E-state index is 4.62. The van der Waals surface area contributed by atoms with Gasteiger partial charge in [-0.25, -0.2) is 0 Å². The quantitative estimate of drug-likeness (QED) is 0.837. The summed E-state index contributed by atoms with van der Waals surface area (Å²) in [4.78, 5) is 7.12. The highest BCUT2D eigenvalue weighted by atomic mass is 15.3. The van der Waals surface area contributed by atoms with Crippen LogP contribution in [0.15, 0.2) is 30.6 Å². The number of hydrogen-bond donors (Lipinski definition) is 0. The first kappa shape index (κ1) is 13.3. The summed E-state index contributed by atoms with van der Waals surface area (Å²) in [6.45, 7) is 6.59. The van der Waals surface area contributed by atoms with Gasteiger partial charge < -0.3 is 0 Å². The zero-order valence-corrected chi connectivity index (χ0v) is 12.1. The molecule has 0 unspecified atom stereocenters. The molecule has 0 aromatic carbocycles. The van der Waals surface area contributed by atoms with Crippen LogP contribution in [-0.2, 0) is 13.1 Å². The minimum absolute atomic E-state index is 0.944. The van der Waals surface area contributed by atoms with E-state index in [1.807, 2.05) is 23.1 Å². The summed E-state index contributed by atoms with van der Waals surface area (Å²) in [5.74, 6) is 0. The van der Waals surface area contributed by atoms with Gasteiger partial charge in [-0.15, -0.1) is 0 Å². The number of pyridine rings is 1. The molecule has 0 radical (unpaired) electrons. The maximum Gasteiger partial charge on any atom is 0.0883 e. The Bertz CT molecular complexity index is 538. The SMILES string of the molecule is CCCn1nccc1-c1ccc(CN2CCCC2)cn1. The molecule has 0 N–H and O–H groups in total. The Kier molecular flexibility index (Phi) is 4.11. The van der Waals surface area contributed by atoms with E-state index in [-0.39, 0.29) is 0 Å². The lowest BCUT2D eigenvalue weighted by molar-refractivity contribution is 0.331. The molecule has 3 heterocycles. The van der Waals surface area contributed by atoms with Crippen molar-refractivity contribution in [3.8, 4) is 11.4 Å². The van der Waals surface area contributed by atoms with Crippen molar-refractivity contribution in [3.05, 3.63) is 36.2 Å². The van der Waals surface area contributed by atoms with E-state index in [4.69, 9.17) is 0 Å². The molecule has 1 aliphatic rings. The molecular weight excluding hydrogens is 248 g/mol. The van der Waals surface area contributed by atoms with Gasteiger partial charge in [-0.1, -0.05) is 13.0 Å². The van der Waals surface area contributed by atoms with Gasteiger partial charge in [-0.3, -0.25) is 14.6 Å². The highest BCUT2D eigenvalue weighted by Gasteiger charge is 2.12. The second kappa shape index (κ2) is 6.18. The van der Waals surface area contributed by atoms with Gasteiger partial charge in [0.15, 0.2) is 0 Å². The Morgan fingerprint density at radius 3 is 2.70 bits per heavy atom. The standard InChI is InChI=1S/C16H22N4/c1-2-9-20-16(7-8-18-20)15-6-5-14(12-17-15)13-19-10-3-4-11-19/h5-8,12H,2-4,9-11,13H2,1H3. The van der Waals surface area contributed by atoms with Crippen LogP contribution in [0.4, 0.5) is 0 Å². The number of aryl methyl sites for hydroxylation is 1. The maximum atomic E-state index is 4.62. The molecule has 0 bridgehead atoms. The number of rotatable bonds is 5. The van der Waals surface area contributed by atoms with Crippen LogP contribution < -0.4 is 0 Å². The summed E-state index contributed by atoms with van der Waals surface area (Å²) in [5.41, 5.74) is 3.43. The second-order valence-corrected chi connectivity index (χ2v) is 5.47. The molecule has 1 fully saturated rings. The summed E-state index contributed by atoms with van der Waals surface area (Å²) in [6.07, 6.45) is 7.62. The molecule has 106 valence electrons. The van der Waals surface area contributed by atoms with E-state index in [2.05, 4.69) is 34.0 Å². The van der Waals surface area contributed by atoms with E-state index >= 15 is 0 Å². The van der Waals surface area contributed by atoms with Crippen LogP contribution in [0.2, 0.25) is 0 Å². The van der Waals surface area contributed by atoms with Gasteiger partial charge in [-0.2, -0.15) is 5.10 Å². The third-order valence-electron chi connectivity index (χ3n) is 3.84. The second-order valence-electron chi connectivity index (χ2n) is 5.47. The van der Waals surface area contributed by atoms with Crippen molar-refractivity contribution in [3.63, 3.8) is 0 Å². The zero-order valence-electron chi connectivity index (χ0n) is 12.1. The van der Waals surface area contributed by atoms with E-state index in [0.717, 1.165) is 30.9 Å². The average Bonchev–Trinajstić information content (AvgIpc) is 3.12. The van der Waals surface area contributed by atoms with Crippen molar-refractivity contribution in [1.82, 2.24) is 19.7 Å². The van der Waals surface area contributed by atoms with Crippen molar-refractivity contribution in [2.75, 3.05) is 13.1 Å². The van der Waals surface area contributed by atoms with Crippen molar-refractivity contribution >= 4 is 0 Å². The Morgan fingerprint density at radius 1 is 1.15 bits per heavy atom. The van der Waals surface area contributed by atoms with Gasteiger partial charge in [0.1, 0.15) is 0 Å². The van der Waals surface area contributed by atoms with E-state index < -0.39 is 0 Å². The highest BCUT2D eigenvalue weighted by molar-refractivity contribution is 5.54. The van der Waals surface area contributed by atoms with E-state index in [9.17, 15) is 0 Å². The summed E-state index contributed by atoms with van der Waals surface area (Å²) in [5, 5.41) is 4.36. The van der Waals surface area contributed by atoms with Crippen molar-refractivity contribution < 1.29 is 0 Å². The largest absolute Gasteiger partial charge is 0.299 e. The first-order chi connectivity index (χ1) is 9.86. The van der Waals surface area contributed by atoms with Gasteiger partial charge in [0.25, 0.3) is 0 Å². The van der Waals surface area contributed by atoms with E-state index in [0.29, 0.717) is 0 Å². The molecule has 3 rings (SSSR count). The molecule has 0 atom stereocenters. The highest BCUT2D eigenvalue weighted by Crippen LogP contribution is 2.18. The fourth-order valence-electron chi connectivity index (χ4n) is 2.81. The lowest BCUT2D eigenvalue weighted by atomic mass is 10.2. The molecule has 0 aliphatic carbocycles. The van der Waals surface area contributed by atoms with Crippen LogP contribution in [0, 0.1) is 0 Å². The third-order valence-corrected chi connectivity index (χ3v) is 3.84. The molecule has 1 aliphatic heterocycles. The molecule has 0 spiro atoms. The van der Waals surface area contributed by atoms with Crippen LogP contribution in [0.25, 0.3) is 11.4 Å². The smallest absolute Gasteiger partial charge is 0.0883 e. The number of aromatic nitrogens is 3. The van der Waals surface area contributed by atoms with Gasteiger partial charge in [0, 0.05) is 25.5 Å². The normalized spacial score (nSPS) is 15.8. The van der Waals surface area contributed by atoms with Crippen molar-refractivity contribution in [1.29, 1.82) is 0 Å². The van der Waals surface area contributed by atoms with E-state index in [1.165, 1.54) is 31.5 Å². The van der Waals surface area contributed by atoms with Gasteiger partial charge >= 0.3 is 0 Å². The third kappa shape index (κ3) is 2.90. The molecule has 4 nitrogen and oxygen atoms in total. The number of likely N-dealkylation sites (tertiary alicyclic amines) is 1. The first-order valence-electron chi connectivity index (χ1n) is 7.56. The van der Waals surface area contributed by atoms with Crippen LogP contribution in [0.1, 0.15) is 31.7 Å². The monoisotopic (exact) mass is 270 g/mol. The van der Waals surface area contributed by atoms with Crippen molar-refractivity contribution in [2.45, 2.75) is 39.3 Å².